The number of hydrogen-bond donors (Lipinski definition) is 1. The van der Waals surface area contributed by atoms with Gasteiger partial charge in [0, 0.05) is 0 Å². The molecule has 0 fully saturated rings. The Hall–Kier alpha value is 0.310. The lowest BCUT2D eigenvalue weighted by atomic mass is 10.5. The highest BCUT2D eigenvalue weighted by molar-refractivity contribution is 7.99. The molecule has 0 aromatic carbocycles. The fourth-order valence-electron chi connectivity index (χ4n) is 0.118. The Bertz CT molecular complexity index is 26.7. The predicted molar refractivity (Wildman–Crippen MR) is 29.5 cm³/mol. The van der Waals surface area contributed by atoms with E-state index < -0.39 is 0 Å². The van der Waals surface area contributed by atoms with Gasteiger partial charge < -0.3 is 5.11 Å². The van der Waals surface area contributed by atoms with E-state index in [1.807, 2.05) is 6.26 Å². The van der Waals surface area contributed by atoms with E-state index >= 15 is 0 Å². The van der Waals surface area contributed by atoms with E-state index in [-0.39, 0.29) is 5.44 Å². The minimum atomic E-state index is -0.259. The third-order valence-corrected chi connectivity index (χ3v) is 1.30. The van der Waals surface area contributed by atoms with Crippen molar-refractivity contribution >= 4 is 11.8 Å². The summed E-state index contributed by atoms with van der Waals surface area (Å²) in [5.74, 6) is 0. The molecule has 0 heterocycles. The third kappa shape index (κ3) is 2.54. The SMILES string of the molecule is [CH2]CC(O)SC. The van der Waals surface area contributed by atoms with Crippen molar-refractivity contribution < 1.29 is 5.11 Å². The van der Waals surface area contributed by atoms with Crippen LogP contribution < -0.4 is 0 Å². The highest BCUT2D eigenvalue weighted by atomic mass is 32.2. The Balaban J connectivity index is 2.75. The summed E-state index contributed by atoms with van der Waals surface area (Å²) in [5, 5.41) is 8.57. The molecule has 0 aliphatic heterocycles. The van der Waals surface area contributed by atoms with Crippen LogP contribution in [0.1, 0.15) is 6.42 Å². The zero-order valence-corrected chi connectivity index (χ0v) is 4.66. The average Bonchev–Trinajstić information content (AvgIpc) is 1.65. The van der Waals surface area contributed by atoms with Gasteiger partial charge >= 0.3 is 0 Å². The van der Waals surface area contributed by atoms with Crippen molar-refractivity contribution in [3.8, 4) is 0 Å². The van der Waals surface area contributed by atoms with Crippen molar-refractivity contribution in [2.45, 2.75) is 11.9 Å². The lowest BCUT2D eigenvalue weighted by molar-refractivity contribution is 0.267. The van der Waals surface area contributed by atoms with Crippen LogP contribution in [0.4, 0.5) is 0 Å². The fourth-order valence-corrected chi connectivity index (χ4v) is 0.354. The standard InChI is InChI=1S/C4H9OS/c1-3-4(5)6-2/h4-5H,1,3H2,2H3. The molecule has 1 atom stereocenters. The summed E-state index contributed by atoms with van der Waals surface area (Å²) < 4.78 is 0. The molecule has 0 aromatic rings. The Morgan fingerprint density at radius 2 is 2.50 bits per heavy atom. The first-order valence-corrected chi connectivity index (χ1v) is 3.10. The van der Waals surface area contributed by atoms with Crippen molar-refractivity contribution in [1.82, 2.24) is 0 Å². The summed E-state index contributed by atoms with van der Waals surface area (Å²) in [7, 11) is 0. The fraction of sp³-hybridized carbons (Fsp3) is 0.750. The van der Waals surface area contributed by atoms with E-state index in [0.717, 1.165) is 0 Å². The molecule has 0 rings (SSSR count). The van der Waals surface area contributed by atoms with Crippen LogP contribution in [0.15, 0.2) is 0 Å². The van der Waals surface area contributed by atoms with E-state index in [4.69, 9.17) is 5.11 Å². The highest BCUT2D eigenvalue weighted by Crippen LogP contribution is 2.03. The average molecular weight is 105 g/mol. The first kappa shape index (κ1) is 6.31. The van der Waals surface area contributed by atoms with Gasteiger partial charge in [-0.25, -0.2) is 0 Å². The van der Waals surface area contributed by atoms with Crippen molar-refractivity contribution in [3.63, 3.8) is 0 Å². The second-order valence-electron chi connectivity index (χ2n) is 0.979. The van der Waals surface area contributed by atoms with E-state index in [0.29, 0.717) is 6.42 Å². The van der Waals surface area contributed by atoms with E-state index in [9.17, 15) is 0 Å². The van der Waals surface area contributed by atoms with Gasteiger partial charge in [0.15, 0.2) is 0 Å². The zero-order valence-electron chi connectivity index (χ0n) is 3.85. The lowest BCUT2D eigenvalue weighted by Gasteiger charge is -1.97. The molecular weight excluding hydrogens is 96.1 g/mol. The molecule has 0 saturated carbocycles. The molecule has 1 unspecified atom stereocenters. The molecule has 6 heavy (non-hydrogen) atoms. The Kier molecular flexibility index (Phi) is 3.68. The van der Waals surface area contributed by atoms with Crippen LogP contribution in [0.3, 0.4) is 0 Å². The van der Waals surface area contributed by atoms with Crippen LogP contribution in [0.25, 0.3) is 0 Å². The highest BCUT2D eigenvalue weighted by Gasteiger charge is 1.91. The second-order valence-corrected chi connectivity index (χ2v) is 1.99. The summed E-state index contributed by atoms with van der Waals surface area (Å²) in [6.45, 7) is 3.49. The molecule has 0 aliphatic carbocycles. The summed E-state index contributed by atoms with van der Waals surface area (Å²) in [5.41, 5.74) is -0.259. The Labute approximate surface area is 42.8 Å². The topological polar surface area (TPSA) is 20.2 Å². The number of aliphatic hydroxyl groups excluding tert-OH is 1. The van der Waals surface area contributed by atoms with Gasteiger partial charge in [-0.15, -0.1) is 11.8 Å². The number of thioether (sulfide) groups is 1. The molecule has 0 bridgehead atoms. The second kappa shape index (κ2) is 3.50. The van der Waals surface area contributed by atoms with Crippen molar-refractivity contribution in [1.29, 1.82) is 0 Å². The van der Waals surface area contributed by atoms with Crippen LogP contribution >= 0.6 is 11.8 Å². The molecular formula is C4H9OS. The number of rotatable bonds is 2. The maximum absolute atomic E-state index is 8.57. The molecule has 0 aromatic heterocycles. The largest absolute Gasteiger partial charge is 0.382 e. The zero-order chi connectivity index (χ0) is 4.99. The van der Waals surface area contributed by atoms with Crippen LogP contribution in [-0.4, -0.2) is 16.8 Å². The molecule has 0 saturated heterocycles. The van der Waals surface area contributed by atoms with Crippen LogP contribution in [-0.2, 0) is 0 Å². The molecule has 1 N–H and O–H groups in total. The first-order chi connectivity index (χ1) is 2.81. The van der Waals surface area contributed by atoms with Gasteiger partial charge in [-0.2, -0.15) is 0 Å². The van der Waals surface area contributed by atoms with E-state index in [1.165, 1.54) is 11.8 Å². The minimum absolute atomic E-state index is 0.259. The van der Waals surface area contributed by atoms with Crippen molar-refractivity contribution in [3.05, 3.63) is 6.92 Å². The summed E-state index contributed by atoms with van der Waals surface area (Å²) in [6.07, 6.45) is 2.46. The summed E-state index contributed by atoms with van der Waals surface area (Å²) >= 11 is 1.42. The first-order valence-electron chi connectivity index (χ1n) is 1.81. The summed E-state index contributed by atoms with van der Waals surface area (Å²) in [6, 6.07) is 0. The number of aliphatic hydroxyl groups is 1. The van der Waals surface area contributed by atoms with Gasteiger partial charge in [-0.1, -0.05) is 0 Å². The van der Waals surface area contributed by atoms with Gasteiger partial charge in [-0.05, 0) is 19.6 Å². The van der Waals surface area contributed by atoms with Gasteiger partial charge in [0.05, 0.1) is 5.44 Å². The molecule has 37 valence electrons. The third-order valence-electron chi connectivity index (χ3n) is 0.519. The smallest absolute Gasteiger partial charge is 0.0990 e. The molecule has 2 heteroatoms. The molecule has 0 amide bonds. The van der Waals surface area contributed by atoms with Crippen molar-refractivity contribution in [2.24, 2.45) is 0 Å². The normalized spacial score (nSPS) is 14.5. The van der Waals surface area contributed by atoms with Gasteiger partial charge in [0.2, 0.25) is 0 Å². The molecule has 0 aliphatic rings. The quantitative estimate of drug-likeness (QED) is 0.526. The van der Waals surface area contributed by atoms with E-state index in [2.05, 4.69) is 6.92 Å². The van der Waals surface area contributed by atoms with Gasteiger partial charge in [-0.3, -0.25) is 0 Å². The van der Waals surface area contributed by atoms with E-state index in [1.54, 1.807) is 0 Å². The molecule has 1 nitrogen and oxygen atoms in total. The van der Waals surface area contributed by atoms with Gasteiger partial charge in [0.1, 0.15) is 0 Å². The lowest BCUT2D eigenvalue weighted by Crippen LogP contribution is -1.94. The summed E-state index contributed by atoms with van der Waals surface area (Å²) in [4.78, 5) is 0. The van der Waals surface area contributed by atoms with Crippen LogP contribution in [0, 0.1) is 6.92 Å². The monoisotopic (exact) mass is 105 g/mol. The van der Waals surface area contributed by atoms with Crippen LogP contribution in [0.2, 0.25) is 0 Å². The Morgan fingerprint density at radius 1 is 2.00 bits per heavy atom. The minimum Gasteiger partial charge on any atom is -0.382 e. The molecule has 1 radical (unpaired) electrons. The predicted octanol–water partition coefficient (Wildman–Crippen LogP) is 0.892. The van der Waals surface area contributed by atoms with Crippen LogP contribution in [0.5, 0.6) is 0 Å². The van der Waals surface area contributed by atoms with Gasteiger partial charge in [0.25, 0.3) is 0 Å². The molecule has 0 spiro atoms. The van der Waals surface area contributed by atoms with Crippen molar-refractivity contribution in [2.75, 3.05) is 6.26 Å². The maximum Gasteiger partial charge on any atom is 0.0990 e. The Morgan fingerprint density at radius 3 is 2.50 bits per heavy atom. The number of hydrogen-bond acceptors (Lipinski definition) is 2. The maximum atomic E-state index is 8.57.